The number of hydrogen-bond acceptors (Lipinski definition) is 5. The van der Waals surface area contributed by atoms with Crippen molar-refractivity contribution in [3.63, 3.8) is 0 Å². The summed E-state index contributed by atoms with van der Waals surface area (Å²) in [5, 5.41) is 7.70. The van der Waals surface area contributed by atoms with Crippen molar-refractivity contribution in [3.8, 4) is 0 Å². The summed E-state index contributed by atoms with van der Waals surface area (Å²) in [7, 11) is 1.76. The van der Waals surface area contributed by atoms with Gasteiger partial charge in [0.1, 0.15) is 0 Å². The van der Waals surface area contributed by atoms with Gasteiger partial charge in [-0.2, -0.15) is 0 Å². The normalized spacial score (nSPS) is 19.1. The fourth-order valence-electron chi connectivity index (χ4n) is 2.01. The SMILES string of the molecule is CN(CC1CCCO1)C(=O)c1cn(CCN)nn1. The van der Waals surface area contributed by atoms with Gasteiger partial charge in [-0.1, -0.05) is 5.21 Å². The molecule has 7 nitrogen and oxygen atoms in total. The molecule has 1 aromatic heterocycles. The highest BCUT2D eigenvalue weighted by Crippen LogP contribution is 2.13. The first-order valence-corrected chi connectivity index (χ1v) is 6.18. The largest absolute Gasteiger partial charge is 0.376 e. The molecule has 0 aliphatic carbocycles. The van der Waals surface area contributed by atoms with Gasteiger partial charge in [0, 0.05) is 26.7 Å². The quantitative estimate of drug-likeness (QED) is 0.763. The Labute approximate surface area is 106 Å². The maximum atomic E-state index is 12.1. The van der Waals surface area contributed by atoms with Gasteiger partial charge in [0.15, 0.2) is 5.69 Å². The summed E-state index contributed by atoms with van der Waals surface area (Å²) < 4.78 is 7.08. The minimum absolute atomic E-state index is 0.131. The fourth-order valence-corrected chi connectivity index (χ4v) is 2.01. The highest BCUT2D eigenvalue weighted by atomic mass is 16.5. The number of rotatable bonds is 5. The summed E-state index contributed by atoms with van der Waals surface area (Å²) >= 11 is 0. The molecule has 1 aliphatic rings. The van der Waals surface area contributed by atoms with Gasteiger partial charge in [-0.15, -0.1) is 5.10 Å². The molecule has 0 aromatic carbocycles. The maximum Gasteiger partial charge on any atom is 0.275 e. The first kappa shape index (κ1) is 13.0. The molecular formula is C11H19N5O2. The number of ether oxygens (including phenoxy) is 1. The van der Waals surface area contributed by atoms with Gasteiger partial charge in [0.25, 0.3) is 5.91 Å². The lowest BCUT2D eigenvalue weighted by atomic mass is 10.2. The van der Waals surface area contributed by atoms with Crippen LogP contribution in [0.4, 0.5) is 0 Å². The van der Waals surface area contributed by atoms with Gasteiger partial charge in [0.2, 0.25) is 0 Å². The van der Waals surface area contributed by atoms with Gasteiger partial charge in [-0.25, -0.2) is 0 Å². The Morgan fingerprint density at radius 1 is 1.72 bits per heavy atom. The average molecular weight is 253 g/mol. The van der Waals surface area contributed by atoms with Crippen molar-refractivity contribution in [2.24, 2.45) is 5.73 Å². The summed E-state index contributed by atoms with van der Waals surface area (Å²) in [4.78, 5) is 13.7. The molecule has 1 atom stereocenters. The van der Waals surface area contributed by atoms with Gasteiger partial charge in [-0.3, -0.25) is 9.48 Å². The van der Waals surface area contributed by atoms with E-state index in [4.69, 9.17) is 10.5 Å². The molecular weight excluding hydrogens is 234 g/mol. The van der Waals surface area contributed by atoms with Gasteiger partial charge < -0.3 is 15.4 Å². The highest BCUT2D eigenvalue weighted by molar-refractivity contribution is 5.91. The molecule has 1 aliphatic heterocycles. The zero-order chi connectivity index (χ0) is 13.0. The van der Waals surface area contributed by atoms with Crippen LogP contribution in [0.25, 0.3) is 0 Å². The van der Waals surface area contributed by atoms with Crippen LogP contribution in [0.5, 0.6) is 0 Å². The van der Waals surface area contributed by atoms with Gasteiger partial charge in [0.05, 0.1) is 18.8 Å². The zero-order valence-electron chi connectivity index (χ0n) is 10.6. The molecule has 1 fully saturated rings. The standard InChI is InChI=1S/C11H19N5O2/c1-15(7-9-3-2-6-18-9)11(17)10-8-16(5-4-12)14-13-10/h8-9H,2-7,12H2,1H3. The topological polar surface area (TPSA) is 86.3 Å². The number of carbonyl (C=O) groups excluding carboxylic acids is 1. The smallest absolute Gasteiger partial charge is 0.275 e. The first-order chi connectivity index (χ1) is 8.70. The third-order valence-electron chi connectivity index (χ3n) is 2.96. The van der Waals surface area contributed by atoms with E-state index in [9.17, 15) is 4.79 Å². The Bertz CT molecular complexity index is 400. The van der Waals surface area contributed by atoms with Crippen molar-refractivity contribution in [2.75, 3.05) is 26.7 Å². The number of nitrogens with two attached hydrogens (primary N) is 1. The Balaban J connectivity index is 1.91. The third kappa shape index (κ3) is 3.05. The number of carbonyl (C=O) groups is 1. The third-order valence-corrected chi connectivity index (χ3v) is 2.96. The van der Waals surface area contributed by atoms with E-state index < -0.39 is 0 Å². The molecule has 0 radical (unpaired) electrons. The van der Waals surface area contributed by atoms with Crippen molar-refractivity contribution in [1.29, 1.82) is 0 Å². The summed E-state index contributed by atoms with van der Waals surface area (Å²) in [5.74, 6) is -0.131. The maximum absolute atomic E-state index is 12.1. The molecule has 0 spiro atoms. The number of aromatic nitrogens is 3. The molecule has 2 N–H and O–H groups in total. The molecule has 1 unspecified atom stereocenters. The molecule has 18 heavy (non-hydrogen) atoms. The van der Waals surface area contributed by atoms with Crippen LogP contribution in [0.15, 0.2) is 6.20 Å². The lowest BCUT2D eigenvalue weighted by Gasteiger charge is -2.19. The number of amides is 1. The minimum Gasteiger partial charge on any atom is -0.376 e. The first-order valence-electron chi connectivity index (χ1n) is 6.18. The fraction of sp³-hybridized carbons (Fsp3) is 0.727. The lowest BCUT2D eigenvalue weighted by molar-refractivity contribution is 0.0582. The molecule has 1 amide bonds. The molecule has 7 heteroatoms. The van der Waals surface area contributed by atoms with Crippen LogP contribution in [0.2, 0.25) is 0 Å². The Morgan fingerprint density at radius 2 is 2.56 bits per heavy atom. The molecule has 100 valence electrons. The molecule has 2 rings (SSSR count). The van der Waals surface area contributed by atoms with Crippen molar-refractivity contribution in [3.05, 3.63) is 11.9 Å². The summed E-state index contributed by atoms with van der Waals surface area (Å²) in [6.07, 6.45) is 3.86. The van der Waals surface area contributed by atoms with Crippen LogP contribution in [-0.4, -0.2) is 58.6 Å². The van der Waals surface area contributed by atoms with Crippen LogP contribution in [0, 0.1) is 0 Å². The van der Waals surface area contributed by atoms with E-state index in [-0.39, 0.29) is 12.0 Å². The second-order valence-electron chi connectivity index (χ2n) is 4.48. The van der Waals surface area contributed by atoms with E-state index in [2.05, 4.69) is 10.3 Å². The van der Waals surface area contributed by atoms with Crippen molar-refractivity contribution in [2.45, 2.75) is 25.5 Å². The average Bonchev–Trinajstić information content (AvgIpc) is 3.00. The van der Waals surface area contributed by atoms with E-state index in [1.807, 2.05) is 0 Å². The lowest BCUT2D eigenvalue weighted by Crippen LogP contribution is -2.34. The summed E-state index contributed by atoms with van der Waals surface area (Å²) in [6.45, 7) is 2.43. The molecule has 0 saturated carbocycles. The molecule has 1 aromatic rings. The van der Waals surface area contributed by atoms with Crippen LogP contribution in [-0.2, 0) is 11.3 Å². The van der Waals surface area contributed by atoms with Gasteiger partial charge in [-0.05, 0) is 12.8 Å². The zero-order valence-corrected chi connectivity index (χ0v) is 10.6. The highest BCUT2D eigenvalue weighted by Gasteiger charge is 2.22. The monoisotopic (exact) mass is 253 g/mol. The minimum atomic E-state index is -0.131. The van der Waals surface area contributed by atoms with E-state index >= 15 is 0 Å². The summed E-state index contributed by atoms with van der Waals surface area (Å²) in [6, 6.07) is 0. The van der Waals surface area contributed by atoms with E-state index in [1.54, 1.807) is 22.8 Å². The number of hydrogen-bond donors (Lipinski definition) is 1. The second kappa shape index (κ2) is 5.92. The number of nitrogens with zero attached hydrogens (tertiary/aromatic N) is 4. The Hall–Kier alpha value is -1.47. The van der Waals surface area contributed by atoms with Crippen molar-refractivity contribution in [1.82, 2.24) is 19.9 Å². The van der Waals surface area contributed by atoms with E-state index in [0.29, 0.717) is 25.3 Å². The van der Waals surface area contributed by atoms with Crippen molar-refractivity contribution < 1.29 is 9.53 Å². The molecule has 2 heterocycles. The van der Waals surface area contributed by atoms with Crippen LogP contribution >= 0.6 is 0 Å². The summed E-state index contributed by atoms with van der Waals surface area (Å²) in [5.41, 5.74) is 5.76. The second-order valence-corrected chi connectivity index (χ2v) is 4.48. The molecule has 1 saturated heterocycles. The predicted molar refractivity (Wildman–Crippen MR) is 65.0 cm³/mol. The van der Waals surface area contributed by atoms with Crippen LogP contribution in [0.3, 0.4) is 0 Å². The van der Waals surface area contributed by atoms with Crippen molar-refractivity contribution >= 4 is 5.91 Å². The van der Waals surface area contributed by atoms with Crippen LogP contribution in [0.1, 0.15) is 23.3 Å². The van der Waals surface area contributed by atoms with Crippen LogP contribution < -0.4 is 5.73 Å². The van der Waals surface area contributed by atoms with Gasteiger partial charge >= 0.3 is 0 Å². The Kier molecular flexibility index (Phi) is 4.27. The Morgan fingerprint density at radius 3 is 3.22 bits per heavy atom. The number of likely N-dealkylation sites (N-methyl/N-ethyl adjacent to an activating group) is 1. The van der Waals surface area contributed by atoms with E-state index in [1.165, 1.54) is 0 Å². The molecule has 0 bridgehead atoms. The van der Waals surface area contributed by atoms with E-state index in [0.717, 1.165) is 19.4 Å². The predicted octanol–water partition coefficient (Wildman–Crippen LogP) is -0.512.